The average molecular weight is 212 g/mol. The average Bonchev–Trinajstić information content (AvgIpc) is 2.17. The first-order valence-electron chi connectivity index (χ1n) is 6.76. The molecule has 0 amide bonds. The van der Waals surface area contributed by atoms with Crippen molar-refractivity contribution in [2.45, 2.75) is 78.2 Å². The standard InChI is InChI=1S/C14H28O/c1-4-5-6-10-13(15)12-9-7-8-11-14(12,2)3/h12-13,15H,4-11H2,1-3H3. The van der Waals surface area contributed by atoms with Crippen molar-refractivity contribution in [2.24, 2.45) is 11.3 Å². The second-order valence-electron chi connectivity index (χ2n) is 5.90. The van der Waals surface area contributed by atoms with Gasteiger partial charge in [-0.1, -0.05) is 52.9 Å². The maximum absolute atomic E-state index is 10.2. The van der Waals surface area contributed by atoms with Crippen molar-refractivity contribution in [3.8, 4) is 0 Å². The van der Waals surface area contributed by atoms with Gasteiger partial charge in [0.25, 0.3) is 0 Å². The van der Waals surface area contributed by atoms with E-state index >= 15 is 0 Å². The second kappa shape index (κ2) is 5.89. The summed E-state index contributed by atoms with van der Waals surface area (Å²) in [5.41, 5.74) is 0.365. The summed E-state index contributed by atoms with van der Waals surface area (Å²) in [5.74, 6) is 0.545. The van der Waals surface area contributed by atoms with Crippen LogP contribution in [-0.2, 0) is 0 Å². The summed E-state index contributed by atoms with van der Waals surface area (Å²) in [4.78, 5) is 0. The van der Waals surface area contributed by atoms with Gasteiger partial charge >= 0.3 is 0 Å². The molecule has 90 valence electrons. The predicted octanol–water partition coefficient (Wildman–Crippen LogP) is 4.14. The Balaban J connectivity index is 2.38. The quantitative estimate of drug-likeness (QED) is 0.679. The maximum atomic E-state index is 10.2. The molecule has 1 N–H and O–H groups in total. The van der Waals surface area contributed by atoms with Gasteiger partial charge < -0.3 is 5.11 Å². The molecule has 1 heteroatoms. The van der Waals surface area contributed by atoms with Crippen molar-refractivity contribution in [1.29, 1.82) is 0 Å². The van der Waals surface area contributed by atoms with Crippen LogP contribution in [0.15, 0.2) is 0 Å². The first kappa shape index (κ1) is 13.0. The molecule has 2 atom stereocenters. The van der Waals surface area contributed by atoms with E-state index in [-0.39, 0.29) is 6.10 Å². The normalized spacial score (nSPS) is 27.6. The van der Waals surface area contributed by atoms with Crippen LogP contribution in [0.5, 0.6) is 0 Å². The number of aliphatic hydroxyl groups is 1. The van der Waals surface area contributed by atoms with Gasteiger partial charge in [-0.05, 0) is 30.6 Å². The van der Waals surface area contributed by atoms with Crippen molar-refractivity contribution >= 4 is 0 Å². The smallest absolute Gasteiger partial charge is 0.0573 e. The minimum absolute atomic E-state index is 0.0492. The predicted molar refractivity (Wildman–Crippen MR) is 65.9 cm³/mol. The van der Waals surface area contributed by atoms with Crippen LogP contribution in [0.4, 0.5) is 0 Å². The van der Waals surface area contributed by atoms with E-state index in [1.54, 1.807) is 0 Å². The maximum Gasteiger partial charge on any atom is 0.0573 e. The summed E-state index contributed by atoms with van der Waals surface area (Å²) < 4.78 is 0. The van der Waals surface area contributed by atoms with Gasteiger partial charge in [0.15, 0.2) is 0 Å². The van der Waals surface area contributed by atoms with Crippen LogP contribution < -0.4 is 0 Å². The van der Waals surface area contributed by atoms with Crippen molar-refractivity contribution in [2.75, 3.05) is 0 Å². The van der Waals surface area contributed by atoms with E-state index in [4.69, 9.17) is 0 Å². The molecule has 0 aromatic heterocycles. The molecule has 1 nitrogen and oxygen atoms in total. The Morgan fingerprint density at radius 3 is 2.60 bits per heavy atom. The van der Waals surface area contributed by atoms with Crippen molar-refractivity contribution < 1.29 is 5.11 Å². The molecule has 1 rings (SSSR count). The summed E-state index contributed by atoms with van der Waals surface area (Å²) in [6, 6.07) is 0. The highest BCUT2D eigenvalue weighted by Crippen LogP contribution is 2.43. The molecule has 1 aliphatic rings. The van der Waals surface area contributed by atoms with Gasteiger partial charge in [0.1, 0.15) is 0 Å². The summed E-state index contributed by atoms with van der Waals surface area (Å²) in [6.45, 7) is 6.89. The molecule has 0 aromatic carbocycles. The lowest BCUT2D eigenvalue weighted by atomic mass is 9.66. The Hall–Kier alpha value is -0.0400. The Morgan fingerprint density at radius 1 is 1.27 bits per heavy atom. The zero-order chi connectivity index (χ0) is 11.3. The Bertz CT molecular complexity index is 174. The molecule has 0 aliphatic heterocycles. The zero-order valence-electron chi connectivity index (χ0n) is 10.8. The van der Waals surface area contributed by atoms with Crippen LogP contribution in [0, 0.1) is 11.3 Å². The van der Waals surface area contributed by atoms with E-state index in [0.717, 1.165) is 6.42 Å². The molecule has 15 heavy (non-hydrogen) atoms. The van der Waals surface area contributed by atoms with Gasteiger partial charge in [0.2, 0.25) is 0 Å². The number of hydrogen-bond acceptors (Lipinski definition) is 1. The lowest BCUT2D eigenvalue weighted by molar-refractivity contribution is -0.000438. The number of unbranched alkanes of at least 4 members (excludes halogenated alkanes) is 2. The zero-order valence-corrected chi connectivity index (χ0v) is 10.8. The molecule has 0 bridgehead atoms. The van der Waals surface area contributed by atoms with Crippen LogP contribution in [-0.4, -0.2) is 11.2 Å². The van der Waals surface area contributed by atoms with Crippen LogP contribution >= 0.6 is 0 Å². The molecule has 2 unspecified atom stereocenters. The highest BCUT2D eigenvalue weighted by atomic mass is 16.3. The minimum Gasteiger partial charge on any atom is -0.393 e. The van der Waals surface area contributed by atoms with E-state index < -0.39 is 0 Å². The highest BCUT2D eigenvalue weighted by molar-refractivity contribution is 4.86. The van der Waals surface area contributed by atoms with E-state index in [2.05, 4.69) is 20.8 Å². The Morgan fingerprint density at radius 2 is 2.00 bits per heavy atom. The molecule has 1 fully saturated rings. The topological polar surface area (TPSA) is 20.2 Å². The van der Waals surface area contributed by atoms with Gasteiger partial charge in [-0.3, -0.25) is 0 Å². The summed E-state index contributed by atoms with van der Waals surface area (Å²) in [6.07, 6.45) is 9.89. The van der Waals surface area contributed by atoms with Crippen LogP contribution in [0.2, 0.25) is 0 Å². The van der Waals surface area contributed by atoms with E-state index in [1.807, 2.05) is 0 Å². The van der Waals surface area contributed by atoms with Crippen LogP contribution in [0.3, 0.4) is 0 Å². The van der Waals surface area contributed by atoms with Crippen molar-refractivity contribution in [3.05, 3.63) is 0 Å². The third-order valence-corrected chi connectivity index (χ3v) is 4.16. The first-order valence-corrected chi connectivity index (χ1v) is 6.76. The molecular weight excluding hydrogens is 184 g/mol. The Kier molecular flexibility index (Phi) is 5.11. The second-order valence-corrected chi connectivity index (χ2v) is 5.90. The number of aliphatic hydroxyl groups excluding tert-OH is 1. The molecular formula is C14H28O. The number of rotatable bonds is 5. The van der Waals surface area contributed by atoms with E-state index in [1.165, 1.54) is 44.9 Å². The molecule has 1 saturated carbocycles. The number of hydrogen-bond donors (Lipinski definition) is 1. The van der Waals surface area contributed by atoms with Gasteiger partial charge in [-0.2, -0.15) is 0 Å². The van der Waals surface area contributed by atoms with Crippen LogP contribution in [0.1, 0.15) is 72.1 Å². The van der Waals surface area contributed by atoms with Crippen LogP contribution in [0.25, 0.3) is 0 Å². The third kappa shape index (κ3) is 3.79. The monoisotopic (exact) mass is 212 g/mol. The molecule has 0 aromatic rings. The lowest BCUT2D eigenvalue weighted by Crippen LogP contribution is -2.36. The fourth-order valence-electron chi connectivity index (χ4n) is 3.04. The molecule has 1 aliphatic carbocycles. The molecule has 0 radical (unpaired) electrons. The molecule has 0 saturated heterocycles. The minimum atomic E-state index is -0.0492. The Labute approximate surface area is 95.3 Å². The van der Waals surface area contributed by atoms with Crippen molar-refractivity contribution in [3.63, 3.8) is 0 Å². The highest BCUT2D eigenvalue weighted by Gasteiger charge is 2.36. The van der Waals surface area contributed by atoms with Gasteiger partial charge in [-0.15, -0.1) is 0 Å². The SMILES string of the molecule is CCCCCC(O)C1CCCCC1(C)C. The van der Waals surface area contributed by atoms with Gasteiger partial charge in [0, 0.05) is 0 Å². The molecule has 0 spiro atoms. The fourth-order valence-corrected chi connectivity index (χ4v) is 3.04. The first-order chi connectivity index (χ1) is 7.08. The summed E-state index contributed by atoms with van der Waals surface area (Å²) in [5, 5.41) is 10.2. The van der Waals surface area contributed by atoms with E-state index in [9.17, 15) is 5.11 Å². The van der Waals surface area contributed by atoms with Crippen molar-refractivity contribution in [1.82, 2.24) is 0 Å². The summed E-state index contributed by atoms with van der Waals surface area (Å²) in [7, 11) is 0. The molecule has 0 heterocycles. The largest absolute Gasteiger partial charge is 0.393 e. The lowest BCUT2D eigenvalue weighted by Gasteiger charge is -2.41. The van der Waals surface area contributed by atoms with E-state index in [0.29, 0.717) is 11.3 Å². The summed E-state index contributed by atoms with van der Waals surface area (Å²) >= 11 is 0. The van der Waals surface area contributed by atoms with Gasteiger partial charge in [-0.25, -0.2) is 0 Å². The fraction of sp³-hybridized carbons (Fsp3) is 1.00. The van der Waals surface area contributed by atoms with Gasteiger partial charge in [0.05, 0.1) is 6.10 Å². The third-order valence-electron chi connectivity index (χ3n) is 4.16.